The van der Waals surface area contributed by atoms with E-state index in [1.54, 1.807) is 35.0 Å². The summed E-state index contributed by atoms with van der Waals surface area (Å²) < 4.78 is 14.8. The third kappa shape index (κ3) is 3.58. The fourth-order valence-electron chi connectivity index (χ4n) is 3.57. The molecule has 1 N–H and O–H groups in total. The lowest BCUT2D eigenvalue weighted by atomic mass is 10.1. The lowest BCUT2D eigenvalue weighted by Gasteiger charge is -2.23. The highest BCUT2D eigenvalue weighted by atomic mass is 19.1. The van der Waals surface area contributed by atoms with Gasteiger partial charge < -0.3 is 10.0 Å². The minimum atomic E-state index is -0.317. The molecule has 1 aliphatic rings. The van der Waals surface area contributed by atoms with E-state index < -0.39 is 0 Å². The van der Waals surface area contributed by atoms with Crippen LogP contribution in [0.1, 0.15) is 42.2 Å². The largest absolute Gasteiger partial charge is 0.393 e. The van der Waals surface area contributed by atoms with E-state index >= 15 is 0 Å². The van der Waals surface area contributed by atoms with Gasteiger partial charge in [-0.05, 0) is 43.5 Å². The van der Waals surface area contributed by atoms with Crippen molar-refractivity contribution in [3.05, 3.63) is 47.5 Å². The van der Waals surface area contributed by atoms with Gasteiger partial charge in [0.1, 0.15) is 5.82 Å². The molecule has 134 valence electrons. The summed E-state index contributed by atoms with van der Waals surface area (Å²) in [5.41, 5.74) is 2.09. The van der Waals surface area contributed by atoms with Crippen molar-refractivity contribution < 1.29 is 14.3 Å². The molecule has 1 fully saturated rings. The van der Waals surface area contributed by atoms with E-state index in [1.165, 1.54) is 12.1 Å². The number of benzene rings is 1. The van der Waals surface area contributed by atoms with Gasteiger partial charge in [-0.2, -0.15) is 5.10 Å². The molecule has 0 bridgehead atoms. The first-order valence-corrected chi connectivity index (χ1v) is 8.77. The molecular weight excluding hydrogens is 321 g/mol. The van der Waals surface area contributed by atoms with Gasteiger partial charge in [0.15, 0.2) is 0 Å². The zero-order valence-electron chi connectivity index (χ0n) is 14.7. The Morgan fingerprint density at radius 2 is 2.08 bits per heavy atom. The molecule has 0 radical (unpaired) electrons. The molecule has 0 aliphatic heterocycles. The van der Waals surface area contributed by atoms with Gasteiger partial charge in [-0.25, -0.2) is 9.07 Å². The summed E-state index contributed by atoms with van der Waals surface area (Å²) in [5.74, 6) is -0.254. The molecule has 1 aromatic heterocycles. The number of rotatable bonds is 5. The second-order valence-corrected chi connectivity index (χ2v) is 6.69. The second kappa shape index (κ2) is 7.35. The Kier molecular flexibility index (Phi) is 5.18. The van der Waals surface area contributed by atoms with E-state index in [1.807, 2.05) is 6.92 Å². The van der Waals surface area contributed by atoms with Crippen molar-refractivity contribution in [3.63, 3.8) is 0 Å². The molecule has 0 saturated heterocycles. The zero-order chi connectivity index (χ0) is 18.0. The SMILES string of the molecule is CCc1c(C(=O)N(C)CC2CCCC2O)cnn1-c1ccc(F)cc1. The maximum Gasteiger partial charge on any atom is 0.257 e. The van der Waals surface area contributed by atoms with Crippen LogP contribution in [0.4, 0.5) is 4.39 Å². The number of amides is 1. The van der Waals surface area contributed by atoms with E-state index in [0.29, 0.717) is 18.5 Å². The van der Waals surface area contributed by atoms with Gasteiger partial charge >= 0.3 is 0 Å². The van der Waals surface area contributed by atoms with Crippen molar-refractivity contribution >= 4 is 5.91 Å². The van der Waals surface area contributed by atoms with Gasteiger partial charge in [-0.1, -0.05) is 13.3 Å². The van der Waals surface area contributed by atoms with Gasteiger partial charge in [-0.3, -0.25) is 4.79 Å². The van der Waals surface area contributed by atoms with E-state index in [9.17, 15) is 14.3 Å². The Hall–Kier alpha value is -2.21. The number of aliphatic hydroxyl groups excluding tert-OH is 1. The van der Waals surface area contributed by atoms with Gasteiger partial charge in [0.05, 0.1) is 29.2 Å². The molecule has 1 amide bonds. The molecule has 2 atom stereocenters. The molecule has 3 rings (SSSR count). The summed E-state index contributed by atoms with van der Waals surface area (Å²) in [6, 6.07) is 6.06. The van der Waals surface area contributed by atoms with Crippen molar-refractivity contribution in [2.75, 3.05) is 13.6 Å². The van der Waals surface area contributed by atoms with Gasteiger partial charge in [0.2, 0.25) is 0 Å². The fourth-order valence-corrected chi connectivity index (χ4v) is 3.57. The van der Waals surface area contributed by atoms with Crippen molar-refractivity contribution in [2.45, 2.75) is 38.7 Å². The molecule has 2 aromatic rings. The van der Waals surface area contributed by atoms with Gasteiger partial charge in [0.25, 0.3) is 5.91 Å². The van der Waals surface area contributed by atoms with Crippen LogP contribution in [-0.4, -0.2) is 45.4 Å². The van der Waals surface area contributed by atoms with Crippen LogP contribution in [0, 0.1) is 11.7 Å². The minimum Gasteiger partial charge on any atom is -0.393 e. The first kappa shape index (κ1) is 17.6. The monoisotopic (exact) mass is 345 g/mol. The van der Waals surface area contributed by atoms with E-state index in [4.69, 9.17) is 0 Å². The van der Waals surface area contributed by atoms with Crippen LogP contribution in [0.2, 0.25) is 0 Å². The van der Waals surface area contributed by atoms with Crippen LogP contribution < -0.4 is 0 Å². The third-order valence-electron chi connectivity index (χ3n) is 4.98. The Balaban J connectivity index is 1.82. The normalized spacial score (nSPS) is 20.0. The summed E-state index contributed by atoms with van der Waals surface area (Å²) >= 11 is 0. The number of nitrogens with zero attached hydrogens (tertiary/aromatic N) is 3. The highest BCUT2D eigenvalue weighted by molar-refractivity contribution is 5.95. The molecule has 1 heterocycles. The predicted octanol–water partition coefficient (Wildman–Crippen LogP) is 2.81. The van der Waals surface area contributed by atoms with Crippen LogP contribution in [0.15, 0.2) is 30.5 Å². The lowest BCUT2D eigenvalue weighted by molar-refractivity contribution is 0.0692. The molecule has 2 unspecified atom stereocenters. The Labute approximate surface area is 147 Å². The van der Waals surface area contributed by atoms with Crippen LogP contribution in [0.25, 0.3) is 5.69 Å². The standard InChI is InChI=1S/C19H24FN3O2/c1-3-17-16(11-21-23(17)15-9-7-14(20)8-10-15)19(25)22(2)12-13-5-4-6-18(13)24/h7-11,13,18,24H,3-6,12H2,1-2H3. The second-order valence-electron chi connectivity index (χ2n) is 6.69. The molecule has 25 heavy (non-hydrogen) atoms. The molecule has 0 spiro atoms. The number of halogens is 1. The molecule has 5 nitrogen and oxygen atoms in total. The highest BCUT2D eigenvalue weighted by Crippen LogP contribution is 2.27. The Bertz CT molecular complexity index is 742. The van der Waals surface area contributed by atoms with Crippen LogP contribution in [0.3, 0.4) is 0 Å². The number of aromatic nitrogens is 2. The van der Waals surface area contributed by atoms with Crippen molar-refractivity contribution in [2.24, 2.45) is 5.92 Å². The Morgan fingerprint density at radius 3 is 2.68 bits per heavy atom. The average Bonchev–Trinajstić information content (AvgIpc) is 3.21. The predicted molar refractivity (Wildman–Crippen MR) is 93.2 cm³/mol. The number of hydrogen-bond donors (Lipinski definition) is 1. The van der Waals surface area contributed by atoms with E-state index in [-0.39, 0.29) is 23.7 Å². The van der Waals surface area contributed by atoms with Crippen molar-refractivity contribution in [3.8, 4) is 5.69 Å². The third-order valence-corrected chi connectivity index (χ3v) is 4.98. The summed E-state index contributed by atoms with van der Waals surface area (Å²) in [4.78, 5) is 14.5. The number of carbonyl (C=O) groups excluding carboxylic acids is 1. The highest BCUT2D eigenvalue weighted by Gasteiger charge is 2.29. The van der Waals surface area contributed by atoms with Crippen molar-refractivity contribution in [1.82, 2.24) is 14.7 Å². The summed E-state index contributed by atoms with van der Waals surface area (Å²) in [5, 5.41) is 14.3. The molecular formula is C19H24FN3O2. The molecule has 6 heteroatoms. The lowest BCUT2D eigenvalue weighted by Crippen LogP contribution is -2.34. The summed E-state index contributed by atoms with van der Waals surface area (Å²) in [6.45, 7) is 2.51. The topological polar surface area (TPSA) is 58.4 Å². The van der Waals surface area contributed by atoms with Gasteiger partial charge in [-0.15, -0.1) is 0 Å². The molecule has 1 aliphatic carbocycles. The number of aliphatic hydroxyl groups is 1. The van der Waals surface area contributed by atoms with E-state index in [0.717, 1.165) is 30.6 Å². The van der Waals surface area contributed by atoms with E-state index in [2.05, 4.69) is 5.10 Å². The quantitative estimate of drug-likeness (QED) is 0.906. The van der Waals surface area contributed by atoms with Crippen LogP contribution >= 0.6 is 0 Å². The maximum atomic E-state index is 13.1. The average molecular weight is 345 g/mol. The van der Waals surface area contributed by atoms with Crippen LogP contribution in [0.5, 0.6) is 0 Å². The first-order valence-electron chi connectivity index (χ1n) is 8.77. The Morgan fingerprint density at radius 1 is 1.36 bits per heavy atom. The smallest absolute Gasteiger partial charge is 0.257 e. The maximum absolute atomic E-state index is 13.1. The zero-order valence-corrected chi connectivity index (χ0v) is 14.7. The number of carbonyl (C=O) groups is 1. The minimum absolute atomic E-state index is 0.0932. The van der Waals surface area contributed by atoms with Gasteiger partial charge in [0, 0.05) is 19.5 Å². The number of hydrogen-bond acceptors (Lipinski definition) is 3. The van der Waals surface area contributed by atoms with Crippen molar-refractivity contribution in [1.29, 1.82) is 0 Å². The van der Waals surface area contributed by atoms with Crippen LogP contribution in [-0.2, 0) is 6.42 Å². The summed E-state index contributed by atoms with van der Waals surface area (Å²) in [6.07, 6.45) is 4.67. The molecule has 1 aromatic carbocycles. The summed E-state index contributed by atoms with van der Waals surface area (Å²) in [7, 11) is 1.77. The first-order chi connectivity index (χ1) is 12.0. The fraction of sp³-hybridized carbons (Fsp3) is 0.474. The molecule has 1 saturated carbocycles.